The highest BCUT2D eigenvalue weighted by molar-refractivity contribution is 7.79. The summed E-state index contributed by atoms with van der Waals surface area (Å²) in [5.74, 6) is 2.76. The van der Waals surface area contributed by atoms with Gasteiger partial charge in [-0.1, -0.05) is 47.0 Å². The van der Waals surface area contributed by atoms with Crippen molar-refractivity contribution in [2.24, 2.45) is 29.6 Å². The number of aliphatic hydroxyl groups excluding tert-OH is 1. The summed E-state index contributed by atoms with van der Waals surface area (Å²) in [6.07, 6.45) is 11.7. The summed E-state index contributed by atoms with van der Waals surface area (Å²) in [7, 11) is 0. The summed E-state index contributed by atoms with van der Waals surface area (Å²) in [5.41, 5.74) is 0. The van der Waals surface area contributed by atoms with Crippen molar-refractivity contribution in [3.8, 4) is 0 Å². The van der Waals surface area contributed by atoms with E-state index in [0.717, 1.165) is 18.9 Å². The van der Waals surface area contributed by atoms with Crippen molar-refractivity contribution < 1.29 is 14.6 Å². The maximum Gasteiger partial charge on any atom is 0.157 e. The number of fused-ring (bicyclic) bond motifs is 1. The quantitative estimate of drug-likeness (QED) is 0.451. The first kappa shape index (κ1) is 25.3. The molecule has 2 saturated carbocycles. The Kier molecular flexibility index (Phi) is 12.6. The molecule has 0 radical (unpaired) electrons. The number of thiol groups is 1. The molecule has 1 aliphatic heterocycles. The van der Waals surface area contributed by atoms with E-state index in [0.29, 0.717) is 23.9 Å². The lowest BCUT2D eigenvalue weighted by atomic mass is 9.66. The van der Waals surface area contributed by atoms with Gasteiger partial charge < -0.3 is 14.6 Å². The molecule has 27 heavy (non-hydrogen) atoms. The second-order valence-corrected chi connectivity index (χ2v) is 8.57. The maximum absolute atomic E-state index is 10.7. The predicted molar refractivity (Wildman–Crippen MR) is 118 cm³/mol. The van der Waals surface area contributed by atoms with Crippen molar-refractivity contribution in [2.75, 3.05) is 12.9 Å². The Balaban J connectivity index is 0.000000855. The molecule has 0 spiro atoms. The second kappa shape index (κ2) is 13.5. The Morgan fingerprint density at radius 2 is 1.63 bits per heavy atom. The molecule has 0 aromatic carbocycles. The third kappa shape index (κ3) is 7.21. The molecule has 8 unspecified atom stereocenters. The van der Waals surface area contributed by atoms with Crippen LogP contribution in [0.15, 0.2) is 0 Å². The Morgan fingerprint density at radius 1 is 0.963 bits per heavy atom. The summed E-state index contributed by atoms with van der Waals surface area (Å²) >= 11 is 3.53. The summed E-state index contributed by atoms with van der Waals surface area (Å²) < 4.78 is 12.1. The number of ether oxygens (including phenoxy) is 2. The minimum atomic E-state index is -0.607. The first-order valence-electron chi connectivity index (χ1n) is 11.5. The normalized spacial score (nSPS) is 38.2. The smallest absolute Gasteiger partial charge is 0.157 e. The Hall–Kier alpha value is 0.230. The lowest BCUT2D eigenvalue weighted by Crippen LogP contribution is -2.40. The molecule has 1 heterocycles. The Bertz CT molecular complexity index is 379. The summed E-state index contributed by atoms with van der Waals surface area (Å²) in [5, 5.41) is 10.7. The van der Waals surface area contributed by atoms with Crippen molar-refractivity contribution in [3.05, 3.63) is 0 Å². The van der Waals surface area contributed by atoms with Crippen LogP contribution in [-0.4, -0.2) is 36.5 Å². The number of hydrogen-bond acceptors (Lipinski definition) is 4. The summed E-state index contributed by atoms with van der Waals surface area (Å²) in [6, 6.07) is 0. The van der Waals surface area contributed by atoms with Crippen LogP contribution in [0.2, 0.25) is 0 Å². The minimum absolute atomic E-state index is 0.215. The molecule has 162 valence electrons. The van der Waals surface area contributed by atoms with Gasteiger partial charge in [0.1, 0.15) is 0 Å². The Morgan fingerprint density at radius 3 is 2.26 bits per heavy atom. The molecular formula is C23H46O3S. The van der Waals surface area contributed by atoms with Gasteiger partial charge >= 0.3 is 0 Å². The van der Waals surface area contributed by atoms with Crippen molar-refractivity contribution in [3.63, 3.8) is 0 Å². The van der Waals surface area contributed by atoms with Crippen LogP contribution in [0.4, 0.5) is 0 Å². The molecular weight excluding hydrogens is 356 g/mol. The molecule has 0 aromatic heterocycles. The minimum Gasteiger partial charge on any atom is -0.378 e. The molecule has 3 fully saturated rings. The van der Waals surface area contributed by atoms with Gasteiger partial charge in [0.25, 0.3) is 0 Å². The fourth-order valence-electron chi connectivity index (χ4n) is 5.30. The maximum atomic E-state index is 10.7. The van der Waals surface area contributed by atoms with Crippen molar-refractivity contribution in [1.82, 2.24) is 0 Å². The third-order valence-electron chi connectivity index (χ3n) is 7.01. The van der Waals surface area contributed by atoms with Crippen LogP contribution in [0, 0.1) is 29.6 Å². The zero-order valence-electron chi connectivity index (χ0n) is 18.7. The SMILES string of the molecule is CC.CC1CCC2CCCC(C(C)C(O)OC3CCCC3C)C2CO1.CS. The van der Waals surface area contributed by atoms with Crippen LogP contribution >= 0.6 is 12.6 Å². The number of hydrogen-bond donors (Lipinski definition) is 2. The molecule has 3 aliphatic rings. The first-order valence-corrected chi connectivity index (χ1v) is 12.4. The van der Waals surface area contributed by atoms with E-state index in [9.17, 15) is 5.11 Å². The van der Waals surface area contributed by atoms with Crippen LogP contribution < -0.4 is 0 Å². The van der Waals surface area contributed by atoms with Gasteiger partial charge in [0, 0.05) is 5.92 Å². The monoisotopic (exact) mass is 402 g/mol. The molecule has 0 aromatic rings. The molecule has 1 N–H and O–H groups in total. The molecule has 0 bridgehead atoms. The van der Waals surface area contributed by atoms with Gasteiger partial charge in [0.15, 0.2) is 6.29 Å². The highest BCUT2D eigenvalue weighted by atomic mass is 32.1. The molecule has 1 saturated heterocycles. The van der Waals surface area contributed by atoms with Crippen molar-refractivity contribution in [2.45, 2.75) is 104 Å². The largest absolute Gasteiger partial charge is 0.378 e. The first-order chi connectivity index (χ1) is 13.1. The molecule has 0 amide bonds. The van der Waals surface area contributed by atoms with Crippen molar-refractivity contribution >= 4 is 12.6 Å². The zero-order chi connectivity index (χ0) is 20.4. The summed E-state index contributed by atoms with van der Waals surface area (Å²) in [4.78, 5) is 0. The predicted octanol–water partition coefficient (Wildman–Crippen LogP) is 5.95. The van der Waals surface area contributed by atoms with E-state index in [1.165, 1.54) is 44.9 Å². The topological polar surface area (TPSA) is 38.7 Å². The van der Waals surface area contributed by atoms with Gasteiger partial charge in [-0.05, 0) is 69.0 Å². The molecule has 8 atom stereocenters. The lowest BCUT2D eigenvalue weighted by molar-refractivity contribution is -0.187. The van der Waals surface area contributed by atoms with E-state index in [4.69, 9.17) is 9.47 Å². The zero-order valence-corrected chi connectivity index (χ0v) is 19.6. The van der Waals surface area contributed by atoms with Crippen molar-refractivity contribution in [1.29, 1.82) is 0 Å². The van der Waals surface area contributed by atoms with Crippen LogP contribution in [0.5, 0.6) is 0 Å². The third-order valence-corrected chi connectivity index (χ3v) is 7.01. The van der Waals surface area contributed by atoms with E-state index < -0.39 is 6.29 Å². The van der Waals surface area contributed by atoms with Crippen LogP contribution in [-0.2, 0) is 9.47 Å². The van der Waals surface area contributed by atoms with Gasteiger partial charge in [-0.3, -0.25) is 0 Å². The van der Waals surface area contributed by atoms with E-state index >= 15 is 0 Å². The summed E-state index contributed by atoms with van der Waals surface area (Å²) in [6.45, 7) is 11.5. The fraction of sp³-hybridized carbons (Fsp3) is 1.00. The van der Waals surface area contributed by atoms with Crippen LogP contribution in [0.3, 0.4) is 0 Å². The molecule has 3 rings (SSSR count). The fourth-order valence-corrected chi connectivity index (χ4v) is 5.30. The standard InChI is InChI=1S/C20H36O3.C2H6.CH4S/c1-13-6-4-9-19(13)23-20(21)15(3)17-8-5-7-16-11-10-14(2)22-12-18(16)17;2*1-2/h13-21H,4-12H2,1-3H3;1-2H3;2H,1H3. The molecule has 2 aliphatic carbocycles. The Labute approximate surface area is 174 Å². The average molecular weight is 403 g/mol. The average Bonchev–Trinajstić information content (AvgIpc) is 3.00. The van der Waals surface area contributed by atoms with E-state index in [2.05, 4.69) is 33.4 Å². The highest BCUT2D eigenvalue weighted by Crippen LogP contribution is 2.44. The van der Waals surface area contributed by atoms with Gasteiger partial charge in [0.2, 0.25) is 0 Å². The van der Waals surface area contributed by atoms with Gasteiger partial charge in [-0.2, -0.15) is 12.6 Å². The number of aliphatic hydroxyl groups is 1. The second-order valence-electron chi connectivity index (χ2n) is 8.57. The van der Waals surface area contributed by atoms with E-state index in [1.807, 2.05) is 13.8 Å². The highest BCUT2D eigenvalue weighted by Gasteiger charge is 2.41. The molecule has 3 nitrogen and oxygen atoms in total. The number of rotatable bonds is 4. The lowest BCUT2D eigenvalue weighted by Gasteiger charge is -2.41. The van der Waals surface area contributed by atoms with Gasteiger partial charge in [-0.25, -0.2) is 0 Å². The van der Waals surface area contributed by atoms with Gasteiger partial charge in [-0.15, -0.1) is 0 Å². The molecule has 4 heteroatoms. The van der Waals surface area contributed by atoms with E-state index in [1.54, 1.807) is 6.26 Å². The van der Waals surface area contributed by atoms with Crippen LogP contribution in [0.25, 0.3) is 0 Å². The van der Waals surface area contributed by atoms with E-state index in [-0.39, 0.29) is 12.0 Å². The van der Waals surface area contributed by atoms with Gasteiger partial charge in [0.05, 0.1) is 18.8 Å². The van der Waals surface area contributed by atoms with Crippen LogP contribution in [0.1, 0.15) is 86.0 Å².